The van der Waals surface area contributed by atoms with Crippen LogP contribution in [0, 0.1) is 5.92 Å². The van der Waals surface area contributed by atoms with Crippen molar-refractivity contribution in [3.05, 3.63) is 53.0 Å². The van der Waals surface area contributed by atoms with Crippen molar-refractivity contribution in [3.63, 3.8) is 0 Å². The summed E-state index contributed by atoms with van der Waals surface area (Å²) in [6, 6.07) is 5.12. The van der Waals surface area contributed by atoms with Crippen LogP contribution in [0.5, 0.6) is 0 Å². The number of aromatic carboxylic acids is 1. The Balaban J connectivity index is 1.75. The van der Waals surface area contributed by atoms with E-state index in [0.717, 1.165) is 18.9 Å². The van der Waals surface area contributed by atoms with E-state index in [2.05, 4.69) is 22.2 Å². The summed E-state index contributed by atoms with van der Waals surface area (Å²) in [6.07, 6.45) is -1.50. The standard InChI is InChI=1S/C22H25F3N4O3/c1-13-7-9-29(10-8-13)19-16(4-6-18(28-19)22(23,24)25)12-27-20(30)14(2)15-3-5-17(21(31)32)26-11-15/h3-6,11,13-14H,7-10,12H2,1-2H3,(H,27,30)(H,31,32). The zero-order valence-electron chi connectivity index (χ0n) is 17.8. The summed E-state index contributed by atoms with van der Waals surface area (Å²) < 4.78 is 39.7. The molecule has 0 saturated carbocycles. The van der Waals surface area contributed by atoms with Gasteiger partial charge in [0.05, 0.1) is 5.92 Å². The Bertz CT molecular complexity index is 971. The van der Waals surface area contributed by atoms with Gasteiger partial charge in [0.25, 0.3) is 0 Å². The third kappa shape index (κ3) is 5.54. The smallest absolute Gasteiger partial charge is 0.433 e. The molecule has 1 atom stereocenters. The molecule has 0 radical (unpaired) electrons. The van der Waals surface area contributed by atoms with E-state index >= 15 is 0 Å². The first-order valence-electron chi connectivity index (χ1n) is 10.3. The first-order chi connectivity index (χ1) is 15.1. The number of amides is 1. The van der Waals surface area contributed by atoms with Gasteiger partial charge in [-0.1, -0.05) is 19.1 Å². The van der Waals surface area contributed by atoms with Crippen LogP contribution in [0.25, 0.3) is 0 Å². The van der Waals surface area contributed by atoms with Crippen LogP contribution >= 0.6 is 0 Å². The number of hydrogen-bond acceptors (Lipinski definition) is 5. The Morgan fingerprint density at radius 1 is 1.22 bits per heavy atom. The van der Waals surface area contributed by atoms with E-state index in [0.29, 0.717) is 30.1 Å². The van der Waals surface area contributed by atoms with Crippen LogP contribution < -0.4 is 10.2 Å². The van der Waals surface area contributed by atoms with Gasteiger partial charge >= 0.3 is 12.1 Å². The van der Waals surface area contributed by atoms with Crippen LogP contribution in [0.1, 0.15) is 59.9 Å². The molecule has 7 nitrogen and oxygen atoms in total. The molecule has 2 N–H and O–H groups in total. The van der Waals surface area contributed by atoms with Crippen molar-refractivity contribution in [2.24, 2.45) is 5.92 Å². The number of pyridine rings is 2. The second kappa shape index (κ2) is 9.54. The van der Waals surface area contributed by atoms with Crippen molar-refractivity contribution in [2.75, 3.05) is 18.0 Å². The average molecular weight is 450 g/mol. The highest BCUT2D eigenvalue weighted by Gasteiger charge is 2.34. The number of hydrogen-bond donors (Lipinski definition) is 2. The van der Waals surface area contributed by atoms with Gasteiger partial charge in [0.15, 0.2) is 0 Å². The Morgan fingerprint density at radius 3 is 2.47 bits per heavy atom. The lowest BCUT2D eigenvalue weighted by atomic mass is 9.99. The van der Waals surface area contributed by atoms with Gasteiger partial charge in [0.2, 0.25) is 5.91 Å². The Hall–Kier alpha value is -3.17. The van der Waals surface area contributed by atoms with Gasteiger partial charge < -0.3 is 15.3 Å². The Morgan fingerprint density at radius 2 is 1.91 bits per heavy atom. The molecule has 10 heteroatoms. The van der Waals surface area contributed by atoms with Gasteiger partial charge in [-0.25, -0.2) is 14.8 Å². The first-order valence-corrected chi connectivity index (χ1v) is 10.3. The Labute approximate surface area is 183 Å². The van der Waals surface area contributed by atoms with Crippen molar-refractivity contribution in [2.45, 2.75) is 45.3 Å². The molecule has 0 spiro atoms. The number of alkyl halides is 3. The lowest BCUT2D eigenvalue weighted by molar-refractivity contribution is -0.141. The fourth-order valence-electron chi connectivity index (χ4n) is 3.54. The lowest BCUT2D eigenvalue weighted by Gasteiger charge is -2.33. The molecule has 1 unspecified atom stereocenters. The minimum absolute atomic E-state index is 0.0241. The molecule has 0 aliphatic carbocycles. The zero-order valence-corrected chi connectivity index (χ0v) is 17.8. The highest BCUT2D eigenvalue weighted by molar-refractivity contribution is 5.86. The molecule has 1 saturated heterocycles. The summed E-state index contributed by atoms with van der Waals surface area (Å²) in [6.45, 7) is 4.99. The van der Waals surface area contributed by atoms with Gasteiger partial charge in [-0.2, -0.15) is 13.2 Å². The molecule has 172 valence electrons. The number of nitrogens with one attached hydrogen (secondary N) is 1. The first kappa shape index (κ1) is 23.5. The second-order valence-corrected chi connectivity index (χ2v) is 8.07. The molecule has 0 bridgehead atoms. The van der Waals surface area contributed by atoms with Crippen molar-refractivity contribution in [3.8, 4) is 0 Å². The molecule has 3 rings (SSSR count). The second-order valence-electron chi connectivity index (χ2n) is 8.07. The van der Waals surface area contributed by atoms with Crippen molar-refractivity contribution in [1.82, 2.24) is 15.3 Å². The predicted octanol–water partition coefficient (Wildman–Crippen LogP) is 3.85. The van der Waals surface area contributed by atoms with E-state index < -0.39 is 23.8 Å². The number of nitrogens with zero attached hydrogens (tertiary/aromatic N) is 3. The summed E-state index contributed by atoms with van der Waals surface area (Å²) in [5.41, 5.74) is -0.0485. The van der Waals surface area contributed by atoms with E-state index in [1.807, 2.05) is 4.90 Å². The van der Waals surface area contributed by atoms with Crippen LogP contribution in [0.4, 0.5) is 19.0 Å². The van der Waals surface area contributed by atoms with Gasteiger partial charge in [-0.15, -0.1) is 0 Å². The number of carboxylic acids is 1. The molecule has 0 aromatic carbocycles. The SMILES string of the molecule is CC1CCN(c2nc(C(F)(F)F)ccc2CNC(=O)C(C)c2ccc(C(=O)O)nc2)CC1. The third-order valence-electron chi connectivity index (χ3n) is 5.68. The molecule has 1 aliphatic heterocycles. The van der Waals surface area contributed by atoms with Crippen molar-refractivity contribution >= 4 is 17.7 Å². The number of carbonyl (C=O) groups is 2. The maximum absolute atomic E-state index is 13.2. The molecular formula is C22H25F3N4O3. The summed E-state index contributed by atoms with van der Waals surface area (Å²) in [4.78, 5) is 33.1. The minimum Gasteiger partial charge on any atom is -0.477 e. The summed E-state index contributed by atoms with van der Waals surface area (Å²) >= 11 is 0. The number of piperidine rings is 1. The largest absolute Gasteiger partial charge is 0.477 e. The van der Waals surface area contributed by atoms with Crippen LogP contribution in [0.2, 0.25) is 0 Å². The highest BCUT2D eigenvalue weighted by Crippen LogP contribution is 2.32. The maximum Gasteiger partial charge on any atom is 0.433 e. The van der Waals surface area contributed by atoms with Gasteiger partial charge in [-0.05, 0) is 43.4 Å². The average Bonchev–Trinajstić information content (AvgIpc) is 2.76. The van der Waals surface area contributed by atoms with Crippen molar-refractivity contribution in [1.29, 1.82) is 0 Å². The zero-order chi connectivity index (χ0) is 23.5. The molecule has 3 heterocycles. The van der Waals surface area contributed by atoms with Gasteiger partial charge in [0.1, 0.15) is 17.2 Å². The quantitative estimate of drug-likeness (QED) is 0.694. The molecule has 1 aliphatic rings. The topological polar surface area (TPSA) is 95.4 Å². The molecule has 1 amide bonds. The van der Waals surface area contributed by atoms with E-state index in [1.165, 1.54) is 24.4 Å². The van der Waals surface area contributed by atoms with Crippen LogP contribution in [-0.2, 0) is 17.5 Å². The minimum atomic E-state index is -4.55. The van der Waals surface area contributed by atoms with Crippen LogP contribution in [-0.4, -0.2) is 40.0 Å². The van der Waals surface area contributed by atoms with Crippen molar-refractivity contribution < 1.29 is 27.9 Å². The molecular weight excluding hydrogens is 425 g/mol. The lowest BCUT2D eigenvalue weighted by Crippen LogP contribution is -2.35. The summed E-state index contributed by atoms with van der Waals surface area (Å²) in [7, 11) is 0. The monoisotopic (exact) mass is 450 g/mol. The Kier molecular flexibility index (Phi) is 7.00. The molecule has 2 aromatic heterocycles. The molecule has 32 heavy (non-hydrogen) atoms. The molecule has 2 aromatic rings. The van der Waals surface area contributed by atoms with Gasteiger partial charge in [0, 0.05) is 31.4 Å². The number of halogens is 3. The van der Waals surface area contributed by atoms with E-state index in [4.69, 9.17) is 5.11 Å². The highest BCUT2D eigenvalue weighted by atomic mass is 19.4. The summed E-state index contributed by atoms with van der Waals surface area (Å²) in [5.74, 6) is -1.39. The number of aromatic nitrogens is 2. The third-order valence-corrected chi connectivity index (χ3v) is 5.68. The number of carbonyl (C=O) groups excluding carboxylic acids is 1. The maximum atomic E-state index is 13.2. The number of anilines is 1. The number of carboxylic acid groups (broad SMARTS) is 1. The number of rotatable bonds is 6. The summed E-state index contributed by atoms with van der Waals surface area (Å²) in [5, 5.41) is 11.7. The molecule has 1 fully saturated rings. The van der Waals surface area contributed by atoms with Crippen LogP contribution in [0.3, 0.4) is 0 Å². The van der Waals surface area contributed by atoms with E-state index in [-0.39, 0.29) is 24.0 Å². The predicted molar refractivity (Wildman–Crippen MR) is 111 cm³/mol. The fraction of sp³-hybridized carbons (Fsp3) is 0.455. The van der Waals surface area contributed by atoms with Crippen LogP contribution in [0.15, 0.2) is 30.5 Å². The van der Waals surface area contributed by atoms with E-state index in [9.17, 15) is 22.8 Å². The normalized spacial score (nSPS) is 16.0. The van der Waals surface area contributed by atoms with Gasteiger partial charge in [-0.3, -0.25) is 4.79 Å². The van der Waals surface area contributed by atoms with E-state index in [1.54, 1.807) is 6.92 Å². The fourth-order valence-corrected chi connectivity index (χ4v) is 3.54.